The van der Waals surface area contributed by atoms with Crippen LogP contribution in [0.15, 0.2) is 36.4 Å². The van der Waals surface area contributed by atoms with Gasteiger partial charge in [-0.3, -0.25) is 28.8 Å². The van der Waals surface area contributed by atoms with Crippen LogP contribution >= 0.6 is 0 Å². The van der Waals surface area contributed by atoms with Gasteiger partial charge >= 0.3 is 35.8 Å². The molecule has 4 heterocycles. The Kier molecular flexibility index (Phi) is 14.0. The summed E-state index contributed by atoms with van der Waals surface area (Å²) in [5.41, 5.74) is 0.614. The van der Waals surface area contributed by atoms with Gasteiger partial charge in [-0.05, 0) is 54.7 Å². The van der Waals surface area contributed by atoms with Gasteiger partial charge in [0.15, 0.2) is 23.0 Å². The van der Waals surface area contributed by atoms with Crippen LogP contribution in [0.1, 0.15) is 129 Å². The van der Waals surface area contributed by atoms with Gasteiger partial charge < -0.3 is 38.1 Å². The van der Waals surface area contributed by atoms with Gasteiger partial charge in [0.1, 0.15) is 13.1 Å². The second-order valence-corrected chi connectivity index (χ2v) is 18.2. The number of esters is 4. The smallest absolute Gasteiger partial charge is 0.311 e. The van der Waals surface area contributed by atoms with E-state index >= 15 is 0 Å². The van der Waals surface area contributed by atoms with Crippen molar-refractivity contribution in [2.45, 2.75) is 155 Å². The van der Waals surface area contributed by atoms with Crippen LogP contribution < -0.4 is 18.9 Å². The molecule has 4 saturated heterocycles. The van der Waals surface area contributed by atoms with E-state index in [4.69, 9.17) is 18.9 Å². The Morgan fingerprint density at radius 2 is 0.885 bits per heavy atom. The van der Waals surface area contributed by atoms with Gasteiger partial charge in [-0.2, -0.15) is 0 Å². The van der Waals surface area contributed by atoms with Crippen LogP contribution in [-0.4, -0.2) is 93.3 Å². The van der Waals surface area contributed by atoms with E-state index in [0.717, 1.165) is 36.8 Å². The second-order valence-electron chi connectivity index (χ2n) is 18.2. The number of benzene rings is 2. The molecule has 0 radical (unpaired) electrons. The van der Waals surface area contributed by atoms with Crippen LogP contribution in [0.5, 0.6) is 23.0 Å². The van der Waals surface area contributed by atoms with Gasteiger partial charge in [0.2, 0.25) is 0 Å². The van der Waals surface area contributed by atoms with E-state index in [2.05, 4.69) is 14.1 Å². The summed E-state index contributed by atoms with van der Waals surface area (Å²) in [5, 5.41) is 21.5. The highest BCUT2D eigenvalue weighted by atomic mass is 16.6. The summed E-state index contributed by atoms with van der Waals surface area (Å²) in [4.78, 5) is 75.3. The van der Waals surface area contributed by atoms with E-state index in [1.807, 2.05) is 12.1 Å². The third-order valence-corrected chi connectivity index (χ3v) is 14.9. The predicted octanol–water partition coefficient (Wildman–Crippen LogP) is 7.36. The summed E-state index contributed by atoms with van der Waals surface area (Å²) in [7, 11) is 4.44. The van der Waals surface area contributed by atoms with Crippen LogP contribution in [0.3, 0.4) is 0 Å². The minimum Gasteiger partial charge on any atom is -0.481 e. The predicted molar refractivity (Wildman–Crippen MR) is 222 cm³/mol. The van der Waals surface area contributed by atoms with Gasteiger partial charge in [-0.15, -0.1) is 0 Å². The number of hydrogen-bond acceptors (Lipinski definition) is 10. The number of nitrogens with zero attached hydrogens (tertiary/aromatic N) is 2. The van der Waals surface area contributed by atoms with Crippen molar-refractivity contribution in [3.63, 3.8) is 0 Å². The zero-order chi connectivity index (χ0) is 44.3. The van der Waals surface area contributed by atoms with Gasteiger partial charge in [-0.1, -0.05) is 27.7 Å². The average molecular weight is 849 g/mol. The molecule has 14 heteroatoms. The lowest BCUT2D eigenvalue weighted by Crippen LogP contribution is -2.63. The van der Waals surface area contributed by atoms with Crippen LogP contribution in [0.25, 0.3) is 0 Å². The number of ether oxygens (including phenoxy) is 4. The Bertz CT molecular complexity index is 1860. The molecular formula is C47H64N2O12+2. The Morgan fingerprint density at radius 1 is 0.557 bits per heavy atom. The molecule has 2 aromatic rings. The first kappa shape index (κ1) is 45.7. The molecule has 4 aliphatic rings. The van der Waals surface area contributed by atoms with Crippen molar-refractivity contribution in [2.24, 2.45) is 17.3 Å². The van der Waals surface area contributed by atoms with Crippen molar-refractivity contribution < 1.29 is 66.9 Å². The minimum absolute atomic E-state index is 0.0769. The van der Waals surface area contributed by atoms with E-state index < -0.39 is 41.2 Å². The number of rotatable bonds is 18. The van der Waals surface area contributed by atoms with E-state index in [9.17, 15) is 39.0 Å². The molecule has 2 N–H and O–H groups in total. The van der Waals surface area contributed by atoms with Crippen LogP contribution in [0.2, 0.25) is 0 Å². The van der Waals surface area contributed by atoms with Gasteiger partial charge in [-0.25, -0.2) is 0 Å². The topological polar surface area (TPSA) is 180 Å². The van der Waals surface area contributed by atoms with Crippen molar-refractivity contribution in [2.75, 3.05) is 14.1 Å². The number of aliphatic carboxylic acids is 2. The summed E-state index contributed by atoms with van der Waals surface area (Å²) in [5.74, 6) is -3.28. The maximum absolute atomic E-state index is 14.0. The zero-order valence-corrected chi connectivity index (χ0v) is 36.6. The van der Waals surface area contributed by atoms with Gasteiger partial charge in [0.25, 0.3) is 0 Å². The Morgan fingerprint density at radius 3 is 1.18 bits per heavy atom. The Balaban J connectivity index is 1.25. The highest BCUT2D eigenvalue weighted by Crippen LogP contribution is 2.59. The highest BCUT2D eigenvalue weighted by Gasteiger charge is 2.64. The first-order chi connectivity index (χ1) is 29.0. The summed E-state index contributed by atoms with van der Waals surface area (Å²) in [6.45, 7) is 8.00. The number of fused-ring (bicyclic) bond motifs is 4. The van der Waals surface area contributed by atoms with Crippen LogP contribution in [0.4, 0.5) is 0 Å². The minimum atomic E-state index is -1.21. The second kappa shape index (κ2) is 18.7. The third kappa shape index (κ3) is 9.35. The van der Waals surface area contributed by atoms with Crippen molar-refractivity contribution in [1.82, 2.24) is 0 Å². The molecule has 14 nitrogen and oxygen atoms in total. The number of piperidine rings is 2. The van der Waals surface area contributed by atoms with Crippen molar-refractivity contribution in [3.8, 4) is 23.0 Å². The lowest BCUT2D eigenvalue weighted by molar-refractivity contribution is -0.963. The van der Waals surface area contributed by atoms with Gasteiger partial charge in [0, 0.05) is 94.6 Å². The molecule has 332 valence electrons. The van der Waals surface area contributed by atoms with E-state index in [-0.39, 0.29) is 97.5 Å². The lowest BCUT2D eigenvalue weighted by atomic mass is 9.56. The molecule has 4 bridgehead atoms. The molecular weight excluding hydrogens is 785 g/mol. The fraction of sp³-hybridized carbons (Fsp3) is 0.617. The van der Waals surface area contributed by atoms with Crippen molar-refractivity contribution in [3.05, 3.63) is 47.5 Å². The molecule has 0 amide bonds. The summed E-state index contributed by atoms with van der Waals surface area (Å²) in [6, 6.07) is 11.3. The number of hydrogen-bond donors (Lipinski definition) is 2. The molecule has 0 aliphatic carbocycles. The number of quaternary nitrogens is 2. The van der Waals surface area contributed by atoms with E-state index in [0.29, 0.717) is 47.7 Å². The molecule has 0 spiro atoms. The Hall–Kier alpha value is -4.82. The SMILES string of the molecule is CCC(=O)Oc1ccc(C[N+]2(C)C3CCC2CC(C(CCC(=O)O)(C(=O)O)C2CC4CCC(C2)[N+]4(C)Cc2ccc(OC(=O)CC)c(OC(=O)CC)c2)C3)cc1OC(=O)CC. The quantitative estimate of drug-likeness (QED) is 0.0866. The number of carboxylic acid groups (broad SMARTS) is 2. The Labute approximate surface area is 358 Å². The lowest BCUT2D eigenvalue weighted by Gasteiger charge is -2.55. The number of carbonyl (C=O) groups excluding carboxylic acids is 4. The van der Waals surface area contributed by atoms with Crippen LogP contribution in [-0.2, 0) is 41.9 Å². The van der Waals surface area contributed by atoms with Gasteiger partial charge in [0.05, 0.1) is 43.7 Å². The average Bonchev–Trinajstić information content (AvgIpc) is 3.44. The van der Waals surface area contributed by atoms with Crippen molar-refractivity contribution in [1.29, 1.82) is 0 Å². The summed E-state index contributed by atoms with van der Waals surface area (Å²) in [6.07, 6.45) is 6.85. The normalized spacial score (nSPS) is 28.6. The number of carboxylic acids is 2. The molecule has 4 aliphatic heterocycles. The molecule has 0 aromatic heterocycles. The monoisotopic (exact) mass is 848 g/mol. The maximum Gasteiger partial charge on any atom is 0.311 e. The van der Waals surface area contributed by atoms with Crippen LogP contribution in [0, 0.1) is 17.3 Å². The zero-order valence-electron chi connectivity index (χ0n) is 36.6. The first-order valence-corrected chi connectivity index (χ1v) is 22.2. The molecule has 4 unspecified atom stereocenters. The fourth-order valence-corrected chi connectivity index (χ4v) is 11.6. The third-order valence-electron chi connectivity index (χ3n) is 14.9. The summed E-state index contributed by atoms with van der Waals surface area (Å²) < 4.78 is 23.6. The number of carbonyl (C=O) groups is 6. The molecule has 4 fully saturated rings. The van der Waals surface area contributed by atoms with E-state index in [1.54, 1.807) is 52.0 Å². The molecule has 61 heavy (non-hydrogen) atoms. The molecule has 4 atom stereocenters. The summed E-state index contributed by atoms with van der Waals surface area (Å²) >= 11 is 0. The standard InChI is InChI=1S/C47H62N2O12/c1-7-42(52)58-37-17-11-29(21-39(37)60-44(54)9-3)27-48(5)33-13-14-34(48)24-31(23-33)47(46(56)57,20-19-41(50)51)32-25-35-15-16-36(26-32)49(35,6)28-30-12-18-38(59-43(53)8-2)40(22-30)61-45(55)10-4/h11-12,17-18,21-22,31-36H,7-10,13-16,19-20,23-28H2,1-6H3/p+2. The first-order valence-electron chi connectivity index (χ1n) is 22.2. The molecule has 0 saturated carbocycles. The largest absolute Gasteiger partial charge is 0.481 e. The molecule has 6 rings (SSSR count). The highest BCUT2D eigenvalue weighted by molar-refractivity contribution is 5.78. The maximum atomic E-state index is 14.0. The van der Waals surface area contributed by atoms with Crippen molar-refractivity contribution >= 4 is 35.8 Å². The fourth-order valence-electron chi connectivity index (χ4n) is 11.6. The molecule has 2 aromatic carbocycles. The van der Waals surface area contributed by atoms with E-state index in [1.165, 1.54) is 0 Å².